The molecule has 162 valence electrons. The molecule has 1 aromatic heterocycles. The fourth-order valence-corrected chi connectivity index (χ4v) is 5.40. The highest BCUT2D eigenvalue weighted by Gasteiger charge is 2.49. The maximum absolute atomic E-state index is 13.6. The minimum Gasteiger partial charge on any atom is -0.483 e. The van der Waals surface area contributed by atoms with Gasteiger partial charge in [0.25, 0.3) is 5.91 Å². The highest BCUT2D eigenvalue weighted by atomic mass is 16.5. The predicted molar refractivity (Wildman–Crippen MR) is 113 cm³/mol. The van der Waals surface area contributed by atoms with E-state index in [1.165, 1.54) is 6.20 Å². The quantitative estimate of drug-likeness (QED) is 0.693. The first-order chi connectivity index (χ1) is 15.1. The van der Waals surface area contributed by atoms with E-state index in [1.807, 2.05) is 35.2 Å². The van der Waals surface area contributed by atoms with E-state index in [0.717, 1.165) is 31.2 Å². The van der Waals surface area contributed by atoms with E-state index in [1.54, 1.807) is 11.5 Å². The van der Waals surface area contributed by atoms with Crippen LogP contribution in [0.2, 0.25) is 0 Å². The molecule has 0 N–H and O–H groups in total. The molecule has 7 nitrogen and oxygen atoms in total. The lowest BCUT2D eigenvalue weighted by atomic mass is 9.87. The number of fused-ring (bicyclic) bond motifs is 6. The normalized spacial score (nSPS) is 23.8. The summed E-state index contributed by atoms with van der Waals surface area (Å²) >= 11 is 0. The molecule has 1 aliphatic carbocycles. The second-order valence-corrected chi connectivity index (χ2v) is 8.56. The summed E-state index contributed by atoms with van der Waals surface area (Å²) in [6.45, 7) is 2.56. The van der Waals surface area contributed by atoms with Gasteiger partial charge in [-0.25, -0.2) is 4.79 Å². The molecule has 7 heteroatoms. The zero-order valence-electron chi connectivity index (χ0n) is 17.6. The molecular formula is C24H26N2O5. The highest BCUT2D eigenvalue weighted by molar-refractivity contribution is 5.98. The van der Waals surface area contributed by atoms with Crippen molar-refractivity contribution >= 4 is 11.9 Å². The smallest absolute Gasteiger partial charge is 0.343 e. The Labute approximate surface area is 180 Å². The number of hydrogen-bond donors (Lipinski definition) is 0. The molecule has 2 aliphatic heterocycles. The number of benzene rings is 1. The first kappa shape index (κ1) is 19.8. The summed E-state index contributed by atoms with van der Waals surface area (Å²) in [6.07, 6.45) is 5.74. The minimum absolute atomic E-state index is 0.0562. The van der Waals surface area contributed by atoms with Crippen LogP contribution in [-0.2, 0) is 17.9 Å². The van der Waals surface area contributed by atoms with Crippen molar-refractivity contribution in [1.29, 1.82) is 0 Å². The third-order valence-electron chi connectivity index (χ3n) is 6.76. The molecular weight excluding hydrogens is 396 g/mol. The Kier molecular flexibility index (Phi) is 5.04. The maximum atomic E-state index is 13.6. The van der Waals surface area contributed by atoms with Gasteiger partial charge < -0.3 is 18.9 Å². The van der Waals surface area contributed by atoms with Gasteiger partial charge in [-0.3, -0.25) is 9.59 Å². The molecule has 1 saturated heterocycles. The van der Waals surface area contributed by atoms with Crippen molar-refractivity contribution < 1.29 is 19.1 Å². The molecule has 1 saturated carbocycles. The minimum atomic E-state index is -0.688. The van der Waals surface area contributed by atoms with Crippen molar-refractivity contribution in [2.45, 2.75) is 57.8 Å². The SMILES string of the molecule is CCOC(=O)c1cn2c(c(OCc3ccccc3)c1=O)C(=O)N1[C@H]3CCC[C@H](C3)[C@H]1C2. The molecule has 0 unspecified atom stereocenters. The molecule has 0 radical (unpaired) electrons. The number of rotatable bonds is 5. The van der Waals surface area contributed by atoms with Crippen molar-refractivity contribution in [1.82, 2.24) is 9.47 Å². The summed E-state index contributed by atoms with van der Waals surface area (Å²) in [5, 5.41) is 0. The van der Waals surface area contributed by atoms with Crippen LogP contribution < -0.4 is 10.2 Å². The molecule has 2 bridgehead atoms. The summed E-state index contributed by atoms with van der Waals surface area (Å²) in [5.41, 5.74) is 0.448. The van der Waals surface area contributed by atoms with Crippen LogP contribution in [0.3, 0.4) is 0 Å². The van der Waals surface area contributed by atoms with Gasteiger partial charge in [0.1, 0.15) is 12.2 Å². The number of esters is 1. The van der Waals surface area contributed by atoms with Gasteiger partial charge in [-0.2, -0.15) is 0 Å². The third kappa shape index (κ3) is 3.32. The maximum Gasteiger partial charge on any atom is 0.343 e. The van der Waals surface area contributed by atoms with Crippen LogP contribution in [0.15, 0.2) is 41.3 Å². The fraction of sp³-hybridized carbons (Fsp3) is 0.458. The molecule has 1 amide bonds. The van der Waals surface area contributed by atoms with Crippen LogP contribution in [0.25, 0.3) is 0 Å². The predicted octanol–water partition coefficient (Wildman–Crippen LogP) is 3.00. The highest BCUT2D eigenvalue weighted by Crippen LogP contribution is 2.44. The van der Waals surface area contributed by atoms with Gasteiger partial charge in [-0.1, -0.05) is 36.8 Å². The Bertz CT molecular complexity index is 1080. The van der Waals surface area contributed by atoms with Crippen molar-refractivity contribution in [3.63, 3.8) is 0 Å². The van der Waals surface area contributed by atoms with E-state index in [2.05, 4.69) is 0 Å². The molecule has 3 heterocycles. The second-order valence-electron chi connectivity index (χ2n) is 8.56. The van der Waals surface area contributed by atoms with Crippen molar-refractivity contribution in [3.05, 3.63) is 63.6 Å². The first-order valence-electron chi connectivity index (χ1n) is 11.0. The number of aromatic nitrogens is 1. The van der Waals surface area contributed by atoms with Gasteiger partial charge >= 0.3 is 5.97 Å². The summed E-state index contributed by atoms with van der Waals surface area (Å²) in [7, 11) is 0. The molecule has 31 heavy (non-hydrogen) atoms. The van der Waals surface area contributed by atoms with Crippen LogP contribution >= 0.6 is 0 Å². The molecule has 3 atom stereocenters. The molecule has 2 fully saturated rings. The Morgan fingerprint density at radius 1 is 1.16 bits per heavy atom. The van der Waals surface area contributed by atoms with Crippen LogP contribution in [-0.4, -0.2) is 40.0 Å². The summed E-state index contributed by atoms with van der Waals surface area (Å²) in [5.74, 6) is -0.442. The van der Waals surface area contributed by atoms with Gasteiger partial charge in [0.15, 0.2) is 11.4 Å². The lowest BCUT2D eigenvalue weighted by molar-refractivity contribution is 0.0509. The number of carbonyl (C=O) groups is 2. The van der Waals surface area contributed by atoms with Gasteiger partial charge in [0.05, 0.1) is 12.6 Å². The Morgan fingerprint density at radius 2 is 1.97 bits per heavy atom. The first-order valence-corrected chi connectivity index (χ1v) is 11.0. The third-order valence-corrected chi connectivity index (χ3v) is 6.76. The summed E-state index contributed by atoms with van der Waals surface area (Å²) < 4.78 is 12.8. The lowest BCUT2D eigenvalue weighted by Gasteiger charge is -2.37. The number of hydrogen-bond acceptors (Lipinski definition) is 5. The van der Waals surface area contributed by atoms with Crippen LogP contribution in [0.5, 0.6) is 5.75 Å². The van der Waals surface area contributed by atoms with E-state index in [0.29, 0.717) is 12.5 Å². The van der Waals surface area contributed by atoms with Crippen molar-refractivity contribution in [2.75, 3.05) is 6.61 Å². The second kappa shape index (κ2) is 7.87. The van der Waals surface area contributed by atoms with Crippen molar-refractivity contribution in [2.24, 2.45) is 5.92 Å². The van der Waals surface area contributed by atoms with Crippen LogP contribution in [0.4, 0.5) is 0 Å². The number of amides is 1. The molecule has 3 aliphatic rings. The lowest BCUT2D eigenvalue weighted by Crippen LogP contribution is -2.50. The number of carbonyl (C=O) groups excluding carboxylic acids is 2. The Morgan fingerprint density at radius 3 is 2.74 bits per heavy atom. The van der Waals surface area contributed by atoms with E-state index >= 15 is 0 Å². The number of nitrogens with zero attached hydrogens (tertiary/aromatic N) is 2. The number of ether oxygens (including phenoxy) is 2. The standard InChI is InChI=1S/C24H26N2O5/c1-2-30-24(29)18-12-25-13-19-16-9-6-10-17(11-16)26(19)23(28)20(25)22(21(18)27)31-14-15-7-4-3-5-8-15/h3-5,7-8,12,16-17,19H,2,6,9-11,13-14H2,1H3/t16-,17+,19-/m1/s1. The zero-order chi connectivity index (χ0) is 21.5. The Hall–Kier alpha value is -3.09. The van der Waals surface area contributed by atoms with Gasteiger partial charge in [0.2, 0.25) is 5.43 Å². The fourth-order valence-electron chi connectivity index (χ4n) is 5.40. The number of pyridine rings is 1. The van der Waals surface area contributed by atoms with Crippen molar-refractivity contribution in [3.8, 4) is 5.75 Å². The van der Waals surface area contributed by atoms with Gasteiger partial charge in [0, 0.05) is 18.8 Å². The zero-order valence-corrected chi connectivity index (χ0v) is 17.6. The van der Waals surface area contributed by atoms with Crippen LogP contribution in [0, 0.1) is 5.92 Å². The molecule has 5 rings (SSSR count). The average molecular weight is 422 g/mol. The average Bonchev–Trinajstić information content (AvgIpc) is 3.03. The van der Waals surface area contributed by atoms with Gasteiger partial charge in [-0.15, -0.1) is 0 Å². The monoisotopic (exact) mass is 422 g/mol. The molecule has 0 spiro atoms. The van der Waals surface area contributed by atoms with E-state index in [4.69, 9.17) is 9.47 Å². The summed E-state index contributed by atoms with van der Waals surface area (Å²) in [6, 6.07) is 9.78. The van der Waals surface area contributed by atoms with E-state index in [9.17, 15) is 14.4 Å². The largest absolute Gasteiger partial charge is 0.483 e. The van der Waals surface area contributed by atoms with Crippen LogP contribution in [0.1, 0.15) is 59.0 Å². The van der Waals surface area contributed by atoms with E-state index < -0.39 is 11.4 Å². The molecule has 1 aromatic carbocycles. The topological polar surface area (TPSA) is 77.8 Å². The molecule has 2 aromatic rings. The summed E-state index contributed by atoms with van der Waals surface area (Å²) in [4.78, 5) is 41.3. The van der Waals surface area contributed by atoms with Gasteiger partial charge in [-0.05, 0) is 37.7 Å². The van der Waals surface area contributed by atoms with E-state index in [-0.39, 0.29) is 48.2 Å². The Balaban J connectivity index is 1.59.